The van der Waals surface area contributed by atoms with Gasteiger partial charge in [0.05, 0.1) is 6.54 Å². The van der Waals surface area contributed by atoms with Crippen LogP contribution in [0.2, 0.25) is 0 Å². The molecule has 1 atom stereocenters. The molecule has 0 aromatic rings. The molecule has 0 saturated heterocycles. The minimum atomic E-state index is 0.738. The summed E-state index contributed by atoms with van der Waals surface area (Å²) < 4.78 is 0. The molecule has 0 radical (unpaired) electrons. The molecule has 1 fully saturated rings. The second kappa shape index (κ2) is 2.22. The molecule has 10 heavy (non-hydrogen) atoms. The van der Waals surface area contributed by atoms with E-state index >= 15 is 0 Å². The van der Waals surface area contributed by atoms with E-state index in [1.807, 2.05) is 0 Å². The SMILES string of the molecule is CC1CCCC2=CCN=C21. The molecule has 0 amide bonds. The Kier molecular flexibility index (Phi) is 1.37. The Bertz CT molecular complexity index is 201. The molecule has 1 heteroatoms. The van der Waals surface area contributed by atoms with Crippen LogP contribution in [0.1, 0.15) is 26.2 Å². The van der Waals surface area contributed by atoms with Gasteiger partial charge in [0.2, 0.25) is 0 Å². The van der Waals surface area contributed by atoms with Gasteiger partial charge in [-0.3, -0.25) is 4.99 Å². The van der Waals surface area contributed by atoms with Crippen molar-refractivity contribution in [3.05, 3.63) is 11.6 Å². The lowest BCUT2D eigenvalue weighted by Crippen LogP contribution is -2.16. The molecular weight excluding hydrogens is 122 g/mol. The molecule has 0 N–H and O–H groups in total. The third kappa shape index (κ3) is 0.808. The molecule has 1 unspecified atom stereocenters. The predicted molar refractivity (Wildman–Crippen MR) is 43.4 cm³/mol. The Hall–Kier alpha value is -0.590. The van der Waals surface area contributed by atoms with E-state index in [9.17, 15) is 0 Å². The zero-order chi connectivity index (χ0) is 6.97. The van der Waals surface area contributed by atoms with E-state index in [2.05, 4.69) is 18.0 Å². The normalized spacial score (nSPS) is 31.1. The van der Waals surface area contributed by atoms with Crippen molar-refractivity contribution < 1.29 is 0 Å². The van der Waals surface area contributed by atoms with Crippen molar-refractivity contribution >= 4 is 5.71 Å². The summed E-state index contributed by atoms with van der Waals surface area (Å²) >= 11 is 0. The fraction of sp³-hybridized carbons (Fsp3) is 0.667. The van der Waals surface area contributed by atoms with Gasteiger partial charge in [0, 0.05) is 5.71 Å². The first-order chi connectivity index (χ1) is 4.88. The Labute approximate surface area is 61.9 Å². The molecular formula is C9H13N. The molecule has 1 heterocycles. The third-order valence-corrected chi connectivity index (χ3v) is 2.48. The van der Waals surface area contributed by atoms with Crippen molar-refractivity contribution in [1.29, 1.82) is 0 Å². The van der Waals surface area contributed by atoms with Crippen LogP contribution in [0.15, 0.2) is 16.6 Å². The molecule has 1 saturated carbocycles. The molecule has 0 aromatic heterocycles. The number of nitrogens with zero attached hydrogens (tertiary/aromatic N) is 1. The Balaban J connectivity index is 2.26. The summed E-state index contributed by atoms with van der Waals surface area (Å²) in [5.41, 5.74) is 2.95. The van der Waals surface area contributed by atoms with E-state index in [1.54, 1.807) is 5.57 Å². The highest BCUT2D eigenvalue weighted by Gasteiger charge is 2.22. The predicted octanol–water partition coefficient (Wildman–Crippen LogP) is 2.19. The fourth-order valence-corrected chi connectivity index (χ4v) is 1.90. The minimum absolute atomic E-state index is 0.738. The maximum atomic E-state index is 4.46. The quantitative estimate of drug-likeness (QED) is 0.483. The Morgan fingerprint density at radius 1 is 1.60 bits per heavy atom. The van der Waals surface area contributed by atoms with Crippen LogP contribution in [0.3, 0.4) is 0 Å². The largest absolute Gasteiger partial charge is 0.285 e. The Morgan fingerprint density at radius 3 is 3.30 bits per heavy atom. The first-order valence-corrected chi connectivity index (χ1v) is 4.11. The first-order valence-electron chi connectivity index (χ1n) is 4.11. The lowest BCUT2D eigenvalue weighted by atomic mass is 9.85. The van der Waals surface area contributed by atoms with Crippen molar-refractivity contribution in [2.24, 2.45) is 10.9 Å². The number of aliphatic imine (C=N–C) groups is 1. The highest BCUT2D eigenvalue weighted by molar-refractivity contribution is 6.03. The van der Waals surface area contributed by atoms with Gasteiger partial charge in [-0.15, -0.1) is 0 Å². The highest BCUT2D eigenvalue weighted by atomic mass is 14.8. The van der Waals surface area contributed by atoms with Crippen molar-refractivity contribution in [2.45, 2.75) is 26.2 Å². The van der Waals surface area contributed by atoms with Crippen LogP contribution in [0.4, 0.5) is 0 Å². The van der Waals surface area contributed by atoms with Gasteiger partial charge in [-0.2, -0.15) is 0 Å². The van der Waals surface area contributed by atoms with Gasteiger partial charge < -0.3 is 0 Å². The van der Waals surface area contributed by atoms with Crippen LogP contribution < -0.4 is 0 Å². The standard InChI is InChI=1S/C9H13N/c1-7-3-2-4-8-5-6-10-9(7)8/h5,7H,2-4,6H2,1H3. The second-order valence-electron chi connectivity index (χ2n) is 3.25. The summed E-state index contributed by atoms with van der Waals surface area (Å²) in [6.45, 7) is 3.24. The summed E-state index contributed by atoms with van der Waals surface area (Å²) in [5.74, 6) is 0.738. The molecule has 54 valence electrons. The van der Waals surface area contributed by atoms with Crippen molar-refractivity contribution in [1.82, 2.24) is 0 Å². The number of hydrogen-bond acceptors (Lipinski definition) is 1. The molecule has 2 aliphatic rings. The van der Waals surface area contributed by atoms with Crippen LogP contribution in [0.25, 0.3) is 0 Å². The topological polar surface area (TPSA) is 12.4 Å². The van der Waals surface area contributed by atoms with Gasteiger partial charge >= 0.3 is 0 Å². The number of hydrogen-bond donors (Lipinski definition) is 0. The van der Waals surface area contributed by atoms with Crippen LogP contribution >= 0.6 is 0 Å². The van der Waals surface area contributed by atoms with Gasteiger partial charge in [-0.25, -0.2) is 0 Å². The summed E-state index contributed by atoms with van der Waals surface area (Å²) in [4.78, 5) is 4.46. The van der Waals surface area contributed by atoms with Gasteiger partial charge in [0.25, 0.3) is 0 Å². The zero-order valence-corrected chi connectivity index (χ0v) is 6.43. The number of fused-ring (bicyclic) bond motifs is 1. The second-order valence-corrected chi connectivity index (χ2v) is 3.25. The summed E-state index contributed by atoms with van der Waals surface area (Å²) in [6.07, 6.45) is 6.27. The average Bonchev–Trinajstić information content (AvgIpc) is 2.36. The smallest absolute Gasteiger partial charge is 0.0580 e. The summed E-state index contributed by atoms with van der Waals surface area (Å²) in [6, 6.07) is 0. The van der Waals surface area contributed by atoms with E-state index in [4.69, 9.17) is 0 Å². The monoisotopic (exact) mass is 135 g/mol. The fourth-order valence-electron chi connectivity index (χ4n) is 1.90. The Morgan fingerprint density at radius 2 is 2.50 bits per heavy atom. The van der Waals surface area contributed by atoms with Gasteiger partial charge in [0.15, 0.2) is 0 Å². The average molecular weight is 135 g/mol. The first kappa shape index (κ1) is 6.14. The number of rotatable bonds is 0. The van der Waals surface area contributed by atoms with E-state index in [0.29, 0.717) is 0 Å². The molecule has 2 rings (SSSR count). The van der Waals surface area contributed by atoms with Gasteiger partial charge in [-0.05, 0) is 30.8 Å². The van der Waals surface area contributed by atoms with E-state index < -0.39 is 0 Å². The van der Waals surface area contributed by atoms with Crippen molar-refractivity contribution in [2.75, 3.05) is 6.54 Å². The maximum Gasteiger partial charge on any atom is 0.0580 e. The number of allylic oxidation sites excluding steroid dienone is 1. The highest BCUT2D eigenvalue weighted by Crippen LogP contribution is 2.28. The summed E-state index contributed by atoms with van der Waals surface area (Å²) in [5, 5.41) is 0. The van der Waals surface area contributed by atoms with E-state index in [0.717, 1.165) is 12.5 Å². The van der Waals surface area contributed by atoms with Crippen molar-refractivity contribution in [3.8, 4) is 0 Å². The van der Waals surface area contributed by atoms with Crippen LogP contribution in [-0.2, 0) is 0 Å². The van der Waals surface area contributed by atoms with Gasteiger partial charge in [0.1, 0.15) is 0 Å². The lowest BCUT2D eigenvalue weighted by Gasteiger charge is -2.20. The summed E-state index contributed by atoms with van der Waals surface area (Å²) in [7, 11) is 0. The molecule has 1 aliphatic heterocycles. The van der Waals surface area contributed by atoms with Crippen LogP contribution in [0.5, 0.6) is 0 Å². The molecule has 0 aromatic carbocycles. The molecule has 0 bridgehead atoms. The van der Waals surface area contributed by atoms with E-state index in [1.165, 1.54) is 25.0 Å². The van der Waals surface area contributed by atoms with Crippen molar-refractivity contribution in [3.63, 3.8) is 0 Å². The zero-order valence-electron chi connectivity index (χ0n) is 6.43. The minimum Gasteiger partial charge on any atom is -0.285 e. The molecule has 1 aliphatic carbocycles. The molecule has 0 spiro atoms. The molecule has 1 nitrogen and oxygen atoms in total. The van der Waals surface area contributed by atoms with E-state index in [-0.39, 0.29) is 0 Å². The third-order valence-electron chi connectivity index (χ3n) is 2.48. The maximum absolute atomic E-state index is 4.46. The van der Waals surface area contributed by atoms with Crippen LogP contribution in [-0.4, -0.2) is 12.3 Å². The van der Waals surface area contributed by atoms with Crippen LogP contribution in [0, 0.1) is 5.92 Å². The van der Waals surface area contributed by atoms with Gasteiger partial charge in [-0.1, -0.05) is 13.0 Å². The lowest BCUT2D eigenvalue weighted by molar-refractivity contribution is 0.607.